The van der Waals surface area contributed by atoms with Crippen LogP contribution in [0.5, 0.6) is 0 Å². The quantitative estimate of drug-likeness (QED) is 0.476. The van der Waals surface area contributed by atoms with E-state index in [1.807, 2.05) is 0 Å². The lowest BCUT2D eigenvalue weighted by molar-refractivity contribution is -0.110. The maximum atomic E-state index is 11.2. The lowest BCUT2D eigenvalue weighted by Gasteiger charge is -2.35. The highest BCUT2D eigenvalue weighted by molar-refractivity contribution is 6.81. The first-order valence-corrected chi connectivity index (χ1v) is 8.38. The molecule has 1 aliphatic carbocycles. The Morgan fingerprint density at radius 2 is 2.00 bits per heavy atom. The van der Waals surface area contributed by atoms with Gasteiger partial charge in [0.1, 0.15) is 6.29 Å². The van der Waals surface area contributed by atoms with E-state index in [1.165, 1.54) is 12.7 Å². The molecule has 0 aromatic rings. The molecule has 0 aromatic heterocycles. The number of carbonyl (C=O) groups excluding carboxylic acids is 1. The Labute approximate surface area is 76.6 Å². The Bertz CT molecular complexity index is 183. The average molecular weight is 184 g/mol. The summed E-state index contributed by atoms with van der Waals surface area (Å²) in [6.45, 7) is 9.23. The lowest BCUT2D eigenvalue weighted by Crippen LogP contribution is -2.39. The molecule has 1 rings (SSSR count). The molecule has 0 aromatic carbocycles. The first-order chi connectivity index (χ1) is 5.41. The summed E-state index contributed by atoms with van der Waals surface area (Å²) < 4.78 is 0. The molecule has 0 radical (unpaired) electrons. The summed E-state index contributed by atoms with van der Waals surface area (Å²) in [6.07, 6.45) is 4.81. The van der Waals surface area contributed by atoms with E-state index < -0.39 is 8.07 Å². The van der Waals surface area contributed by atoms with Crippen LogP contribution in [0.25, 0.3) is 0 Å². The molecule has 0 saturated heterocycles. The van der Waals surface area contributed by atoms with Crippen LogP contribution in [0.2, 0.25) is 24.7 Å². The van der Waals surface area contributed by atoms with E-state index in [0.717, 1.165) is 18.8 Å². The van der Waals surface area contributed by atoms with E-state index in [9.17, 15) is 4.79 Å². The summed E-state index contributed by atoms with van der Waals surface area (Å²) in [5, 5.41) is 0.104. The number of hydrogen-bond acceptors (Lipinski definition) is 1. The maximum Gasteiger partial charge on any atom is 0.123 e. The lowest BCUT2D eigenvalue weighted by atomic mass is 10.1. The highest BCUT2D eigenvalue weighted by Gasteiger charge is 2.47. The van der Waals surface area contributed by atoms with Gasteiger partial charge in [-0.2, -0.15) is 0 Å². The van der Waals surface area contributed by atoms with Crippen LogP contribution >= 0.6 is 0 Å². The third-order valence-electron chi connectivity index (χ3n) is 3.52. The first-order valence-electron chi connectivity index (χ1n) is 4.88. The van der Waals surface area contributed by atoms with Crippen molar-refractivity contribution in [3.8, 4) is 0 Å². The van der Waals surface area contributed by atoms with E-state index in [4.69, 9.17) is 0 Å². The van der Waals surface area contributed by atoms with Gasteiger partial charge in [0.25, 0.3) is 0 Å². The van der Waals surface area contributed by atoms with Crippen molar-refractivity contribution in [1.29, 1.82) is 0 Å². The summed E-state index contributed by atoms with van der Waals surface area (Å²) >= 11 is 0. The molecule has 2 unspecified atom stereocenters. The van der Waals surface area contributed by atoms with Crippen molar-refractivity contribution in [2.45, 2.75) is 50.9 Å². The van der Waals surface area contributed by atoms with Gasteiger partial charge in [-0.05, 0) is 18.8 Å². The van der Waals surface area contributed by atoms with Crippen LogP contribution in [0, 0.1) is 5.92 Å². The zero-order valence-electron chi connectivity index (χ0n) is 8.68. The molecule has 1 saturated carbocycles. The number of rotatable bonds is 2. The van der Waals surface area contributed by atoms with E-state index in [0.29, 0.717) is 0 Å². The molecular formula is C10H20OSi. The third kappa shape index (κ3) is 1.49. The van der Waals surface area contributed by atoms with Gasteiger partial charge in [0.2, 0.25) is 0 Å². The minimum Gasteiger partial charge on any atom is -0.303 e. The number of hydrogen-bond donors (Lipinski definition) is 0. The van der Waals surface area contributed by atoms with Gasteiger partial charge in [0.15, 0.2) is 0 Å². The second-order valence-electron chi connectivity index (χ2n) is 5.37. The molecule has 1 aliphatic rings. The zero-order valence-corrected chi connectivity index (χ0v) is 9.68. The minimum absolute atomic E-state index is 0.104. The van der Waals surface area contributed by atoms with Crippen molar-refractivity contribution in [2.75, 3.05) is 0 Å². The predicted octanol–water partition coefficient (Wildman–Crippen LogP) is 3.08. The summed E-state index contributed by atoms with van der Waals surface area (Å²) in [5.74, 6) is 0.766. The van der Waals surface area contributed by atoms with E-state index in [1.54, 1.807) is 0 Å². The maximum absolute atomic E-state index is 11.2. The fourth-order valence-corrected chi connectivity index (χ4v) is 4.50. The second kappa shape index (κ2) is 2.98. The van der Waals surface area contributed by atoms with Gasteiger partial charge >= 0.3 is 0 Å². The monoisotopic (exact) mass is 184 g/mol. The van der Waals surface area contributed by atoms with Crippen molar-refractivity contribution in [1.82, 2.24) is 0 Å². The summed E-state index contributed by atoms with van der Waals surface area (Å²) in [5.41, 5.74) is 0. The molecule has 0 aliphatic heterocycles. The Morgan fingerprint density at radius 3 is 2.17 bits per heavy atom. The number of carbonyl (C=O) groups is 1. The molecule has 12 heavy (non-hydrogen) atoms. The third-order valence-corrected chi connectivity index (χ3v) is 7.07. The minimum atomic E-state index is -1.28. The van der Waals surface area contributed by atoms with Gasteiger partial charge in [-0.1, -0.05) is 33.0 Å². The molecule has 0 amide bonds. The Hall–Kier alpha value is -0.113. The van der Waals surface area contributed by atoms with Crippen molar-refractivity contribution < 1.29 is 4.79 Å². The Balaban J connectivity index is 2.85. The zero-order chi connectivity index (χ0) is 9.41. The molecule has 1 nitrogen and oxygen atoms in total. The van der Waals surface area contributed by atoms with Gasteiger partial charge in [0, 0.05) is 5.04 Å². The van der Waals surface area contributed by atoms with Crippen molar-refractivity contribution in [3.05, 3.63) is 0 Å². The highest BCUT2D eigenvalue weighted by Crippen LogP contribution is 2.52. The molecule has 0 bridgehead atoms. The van der Waals surface area contributed by atoms with Crippen LogP contribution in [0.3, 0.4) is 0 Å². The van der Waals surface area contributed by atoms with Gasteiger partial charge < -0.3 is 4.79 Å². The standard InChI is InChI=1S/C10H20OSi/c1-9-5-6-10(7-9,8-11)12(2,3)4/h8-9H,5-7H2,1-4H3. The fraction of sp³-hybridized carbons (Fsp3) is 0.900. The van der Waals surface area contributed by atoms with Crippen LogP contribution in [-0.4, -0.2) is 14.4 Å². The molecule has 0 N–H and O–H groups in total. The molecular weight excluding hydrogens is 164 g/mol. The highest BCUT2D eigenvalue weighted by atomic mass is 28.3. The van der Waals surface area contributed by atoms with E-state index in [-0.39, 0.29) is 5.04 Å². The van der Waals surface area contributed by atoms with Crippen molar-refractivity contribution in [3.63, 3.8) is 0 Å². The van der Waals surface area contributed by atoms with Crippen LogP contribution in [0.4, 0.5) is 0 Å². The summed E-state index contributed by atoms with van der Waals surface area (Å²) in [6, 6.07) is 0. The normalized spacial score (nSPS) is 36.8. The van der Waals surface area contributed by atoms with E-state index >= 15 is 0 Å². The van der Waals surface area contributed by atoms with Crippen LogP contribution in [0.1, 0.15) is 26.2 Å². The van der Waals surface area contributed by atoms with Gasteiger partial charge in [-0.15, -0.1) is 0 Å². The first kappa shape index (κ1) is 9.97. The Morgan fingerprint density at radius 1 is 1.42 bits per heavy atom. The van der Waals surface area contributed by atoms with Gasteiger partial charge in [-0.25, -0.2) is 0 Å². The predicted molar refractivity (Wildman–Crippen MR) is 55.1 cm³/mol. The average Bonchev–Trinajstić information content (AvgIpc) is 2.31. The van der Waals surface area contributed by atoms with Crippen LogP contribution in [-0.2, 0) is 4.79 Å². The Kier molecular flexibility index (Phi) is 2.48. The molecule has 70 valence electrons. The number of aldehydes is 1. The van der Waals surface area contributed by atoms with Crippen molar-refractivity contribution >= 4 is 14.4 Å². The molecule has 0 heterocycles. The summed E-state index contributed by atoms with van der Waals surface area (Å²) in [7, 11) is -1.28. The van der Waals surface area contributed by atoms with E-state index in [2.05, 4.69) is 26.6 Å². The molecule has 0 spiro atoms. The van der Waals surface area contributed by atoms with Crippen LogP contribution in [0.15, 0.2) is 0 Å². The molecule has 1 fully saturated rings. The van der Waals surface area contributed by atoms with Crippen LogP contribution < -0.4 is 0 Å². The smallest absolute Gasteiger partial charge is 0.123 e. The van der Waals surface area contributed by atoms with Crippen molar-refractivity contribution in [2.24, 2.45) is 5.92 Å². The van der Waals surface area contributed by atoms with Gasteiger partial charge in [0.05, 0.1) is 8.07 Å². The van der Waals surface area contributed by atoms with Gasteiger partial charge in [-0.3, -0.25) is 0 Å². The molecule has 2 atom stereocenters. The fourth-order valence-electron chi connectivity index (χ4n) is 2.29. The second-order valence-corrected chi connectivity index (χ2v) is 10.9. The topological polar surface area (TPSA) is 17.1 Å². The SMILES string of the molecule is CC1CCC(C=O)([Si](C)(C)C)C1. The largest absolute Gasteiger partial charge is 0.303 e. The molecule has 2 heteroatoms. The summed E-state index contributed by atoms with van der Waals surface area (Å²) in [4.78, 5) is 11.2.